The second-order valence-electron chi connectivity index (χ2n) is 2.58. The van der Waals surface area contributed by atoms with Crippen molar-refractivity contribution in [2.24, 2.45) is 0 Å². The van der Waals surface area contributed by atoms with Crippen molar-refractivity contribution in [1.29, 1.82) is 0 Å². The molecule has 0 aromatic heterocycles. The van der Waals surface area contributed by atoms with E-state index in [1.165, 1.54) is 0 Å². The molecule has 0 amide bonds. The molecule has 0 unspecified atom stereocenters. The Kier molecular flexibility index (Phi) is 6.70. The van der Waals surface area contributed by atoms with Gasteiger partial charge in [-0.2, -0.15) is 0 Å². The van der Waals surface area contributed by atoms with Crippen LogP contribution in [-0.4, -0.2) is 39.0 Å². The normalized spacial score (nSPS) is 10.3. The lowest BCUT2D eigenvalue weighted by Gasteiger charge is -2.07. The third-order valence-electron chi connectivity index (χ3n) is 1.02. The zero-order valence-corrected chi connectivity index (χ0v) is 7.83. The van der Waals surface area contributed by atoms with E-state index in [0.717, 1.165) is 0 Å². The quantitative estimate of drug-likeness (QED) is 0.439. The van der Waals surface area contributed by atoms with Gasteiger partial charge in [0.15, 0.2) is 0 Å². The van der Waals surface area contributed by atoms with Crippen LogP contribution in [0.4, 0.5) is 0 Å². The molecular formula is C8H16O4. The van der Waals surface area contributed by atoms with Crippen LogP contribution in [0, 0.1) is 0 Å². The van der Waals surface area contributed by atoms with Crippen molar-refractivity contribution in [1.82, 2.24) is 0 Å². The number of rotatable bonds is 6. The van der Waals surface area contributed by atoms with Gasteiger partial charge in [0, 0.05) is 7.11 Å². The van der Waals surface area contributed by atoms with E-state index in [1.807, 2.05) is 0 Å². The van der Waals surface area contributed by atoms with Gasteiger partial charge in [-0.25, -0.2) is 4.79 Å². The molecule has 72 valence electrons. The Morgan fingerprint density at radius 1 is 1.33 bits per heavy atom. The molecule has 0 spiro atoms. The average Bonchev–Trinajstić information content (AvgIpc) is 1.97. The molecule has 0 radical (unpaired) electrons. The highest BCUT2D eigenvalue weighted by molar-refractivity contribution is 5.70. The van der Waals surface area contributed by atoms with Crippen molar-refractivity contribution in [2.75, 3.05) is 26.9 Å². The number of esters is 1. The van der Waals surface area contributed by atoms with Gasteiger partial charge in [0.05, 0.1) is 19.3 Å². The largest absolute Gasteiger partial charge is 0.461 e. The molecule has 4 nitrogen and oxygen atoms in total. The maximum atomic E-state index is 10.8. The first-order valence-electron chi connectivity index (χ1n) is 3.93. The molecule has 0 atom stereocenters. The van der Waals surface area contributed by atoms with Gasteiger partial charge in [0.1, 0.15) is 6.61 Å². The predicted octanol–water partition coefficient (Wildman–Crippen LogP) is 0.601. The van der Waals surface area contributed by atoms with E-state index >= 15 is 0 Å². The van der Waals surface area contributed by atoms with Crippen molar-refractivity contribution in [3.63, 3.8) is 0 Å². The van der Waals surface area contributed by atoms with E-state index in [1.54, 1.807) is 21.0 Å². The molecule has 0 aromatic carbocycles. The monoisotopic (exact) mass is 176 g/mol. The van der Waals surface area contributed by atoms with E-state index < -0.39 is 0 Å². The van der Waals surface area contributed by atoms with E-state index in [-0.39, 0.29) is 18.7 Å². The Morgan fingerprint density at radius 2 is 2.00 bits per heavy atom. The fourth-order valence-electron chi connectivity index (χ4n) is 0.595. The smallest absolute Gasteiger partial charge is 0.332 e. The summed E-state index contributed by atoms with van der Waals surface area (Å²) in [7, 11) is 1.58. The Morgan fingerprint density at radius 3 is 2.50 bits per heavy atom. The Bertz CT molecular complexity index is 122. The number of hydrogen-bond donors (Lipinski definition) is 0. The zero-order valence-electron chi connectivity index (χ0n) is 7.83. The first-order chi connectivity index (χ1) is 5.66. The second kappa shape index (κ2) is 7.06. The molecular weight excluding hydrogens is 160 g/mol. The summed E-state index contributed by atoms with van der Waals surface area (Å²) in [6.07, 6.45) is -0.0801. The molecule has 0 aliphatic heterocycles. The highest BCUT2D eigenvalue weighted by Gasteiger charge is 2.04. The second-order valence-corrected chi connectivity index (χ2v) is 2.58. The lowest BCUT2D eigenvalue weighted by atomic mass is 10.5. The molecule has 12 heavy (non-hydrogen) atoms. The van der Waals surface area contributed by atoms with Gasteiger partial charge in [0.2, 0.25) is 0 Å². The fraction of sp³-hybridized carbons (Fsp3) is 0.875. The summed E-state index contributed by atoms with van der Waals surface area (Å²) in [6, 6.07) is 0. The standard InChI is InChI=1S/C8H16O4/c1-7(2)12-8(9)6-11-5-4-10-3/h7H,4-6H2,1-3H3. The van der Waals surface area contributed by atoms with Crippen LogP contribution in [0.25, 0.3) is 0 Å². The van der Waals surface area contributed by atoms with Crippen LogP contribution < -0.4 is 0 Å². The van der Waals surface area contributed by atoms with Crippen molar-refractivity contribution in [3.05, 3.63) is 0 Å². The third-order valence-corrected chi connectivity index (χ3v) is 1.02. The molecule has 0 N–H and O–H groups in total. The first kappa shape index (κ1) is 11.4. The number of hydrogen-bond acceptors (Lipinski definition) is 4. The lowest BCUT2D eigenvalue weighted by Crippen LogP contribution is -2.18. The summed E-state index contributed by atoms with van der Waals surface area (Å²) in [5, 5.41) is 0. The molecule has 0 rings (SSSR count). The van der Waals surface area contributed by atoms with Crippen LogP contribution >= 0.6 is 0 Å². The minimum atomic E-state index is -0.332. The number of carbonyl (C=O) groups excluding carboxylic acids is 1. The van der Waals surface area contributed by atoms with Gasteiger partial charge < -0.3 is 14.2 Å². The summed E-state index contributed by atoms with van der Waals surface area (Å²) in [5.74, 6) is -0.332. The van der Waals surface area contributed by atoms with Gasteiger partial charge in [-0.15, -0.1) is 0 Å². The van der Waals surface area contributed by atoms with Crippen molar-refractivity contribution in [3.8, 4) is 0 Å². The number of carbonyl (C=O) groups is 1. The Labute approximate surface area is 72.8 Å². The van der Waals surface area contributed by atoms with Gasteiger partial charge in [0.25, 0.3) is 0 Å². The maximum absolute atomic E-state index is 10.8. The van der Waals surface area contributed by atoms with Gasteiger partial charge in [-0.3, -0.25) is 0 Å². The van der Waals surface area contributed by atoms with Gasteiger partial charge in [-0.05, 0) is 13.8 Å². The number of ether oxygens (including phenoxy) is 3. The van der Waals surface area contributed by atoms with Crippen LogP contribution in [0.3, 0.4) is 0 Å². The molecule has 0 aliphatic carbocycles. The highest BCUT2D eigenvalue weighted by Crippen LogP contribution is 1.89. The Balaban J connectivity index is 3.20. The van der Waals surface area contributed by atoms with Crippen LogP contribution in [-0.2, 0) is 19.0 Å². The molecule has 0 aliphatic rings. The Hall–Kier alpha value is -0.610. The fourth-order valence-corrected chi connectivity index (χ4v) is 0.595. The van der Waals surface area contributed by atoms with E-state index in [4.69, 9.17) is 14.2 Å². The van der Waals surface area contributed by atoms with Crippen molar-refractivity contribution < 1.29 is 19.0 Å². The zero-order chi connectivity index (χ0) is 9.40. The van der Waals surface area contributed by atoms with Crippen LogP contribution in [0.1, 0.15) is 13.8 Å². The van der Waals surface area contributed by atoms with E-state index in [2.05, 4.69) is 0 Å². The summed E-state index contributed by atoms with van der Waals surface area (Å²) in [4.78, 5) is 10.8. The topological polar surface area (TPSA) is 44.8 Å². The molecule has 0 aromatic rings. The molecule has 0 saturated carbocycles. The minimum Gasteiger partial charge on any atom is -0.461 e. The van der Waals surface area contributed by atoms with Gasteiger partial charge in [-0.1, -0.05) is 0 Å². The van der Waals surface area contributed by atoms with Crippen LogP contribution in [0.2, 0.25) is 0 Å². The predicted molar refractivity (Wildman–Crippen MR) is 43.9 cm³/mol. The lowest BCUT2D eigenvalue weighted by molar-refractivity contribution is -0.153. The van der Waals surface area contributed by atoms with Crippen LogP contribution in [0.5, 0.6) is 0 Å². The summed E-state index contributed by atoms with van der Waals surface area (Å²) in [6.45, 7) is 4.51. The molecule has 0 heterocycles. The van der Waals surface area contributed by atoms with Crippen molar-refractivity contribution >= 4 is 5.97 Å². The maximum Gasteiger partial charge on any atom is 0.332 e. The molecule has 4 heteroatoms. The summed E-state index contributed by atoms with van der Waals surface area (Å²) < 4.78 is 14.5. The summed E-state index contributed by atoms with van der Waals surface area (Å²) in [5.41, 5.74) is 0. The average molecular weight is 176 g/mol. The molecule has 0 fully saturated rings. The van der Waals surface area contributed by atoms with E-state index in [9.17, 15) is 4.79 Å². The molecule has 0 saturated heterocycles. The minimum absolute atomic E-state index is 0.00153. The highest BCUT2D eigenvalue weighted by atomic mass is 16.6. The van der Waals surface area contributed by atoms with Gasteiger partial charge >= 0.3 is 5.97 Å². The van der Waals surface area contributed by atoms with Crippen LogP contribution in [0.15, 0.2) is 0 Å². The van der Waals surface area contributed by atoms with Crippen molar-refractivity contribution in [2.45, 2.75) is 20.0 Å². The van der Waals surface area contributed by atoms with E-state index in [0.29, 0.717) is 13.2 Å². The summed E-state index contributed by atoms with van der Waals surface area (Å²) >= 11 is 0. The SMILES string of the molecule is COCCOCC(=O)OC(C)C. The first-order valence-corrected chi connectivity index (χ1v) is 3.93. The third kappa shape index (κ3) is 7.50. The number of methoxy groups -OCH3 is 1. The molecule has 0 bridgehead atoms.